The number of hydrogen-bond acceptors (Lipinski definition) is 2. The van der Waals surface area contributed by atoms with Crippen LogP contribution in [-0.2, 0) is 16.8 Å². The van der Waals surface area contributed by atoms with Crippen molar-refractivity contribution in [3.05, 3.63) is 71.8 Å². The molecule has 2 rings (SSSR count). The molecule has 0 saturated heterocycles. The van der Waals surface area contributed by atoms with Crippen molar-refractivity contribution in [3.63, 3.8) is 0 Å². The Bertz CT molecular complexity index is 603. The zero-order valence-electron chi connectivity index (χ0n) is 16.2. The molecule has 2 aromatic carbocycles. The molecule has 25 heavy (non-hydrogen) atoms. The Hall–Kier alpha value is -1.64. The molecule has 136 valence electrons. The van der Waals surface area contributed by atoms with E-state index in [9.17, 15) is 0 Å². The van der Waals surface area contributed by atoms with Crippen molar-refractivity contribution in [2.24, 2.45) is 0 Å². The highest BCUT2D eigenvalue weighted by Gasteiger charge is 2.31. The summed E-state index contributed by atoms with van der Waals surface area (Å²) in [6.45, 7) is 11.4. The molecule has 0 aliphatic heterocycles. The van der Waals surface area contributed by atoms with E-state index in [1.54, 1.807) is 0 Å². The van der Waals surface area contributed by atoms with Gasteiger partial charge in [-0.15, -0.1) is 0 Å². The van der Waals surface area contributed by atoms with Gasteiger partial charge in [-0.3, -0.25) is 0 Å². The van der Waals surface area contributed by atoms with Crippen LogP contribution in [0.15, 0.2) is 60.7 Å². The maximum Gasteiger partial charge on any atom is 0.0716 e. The molecule has 0 radical (unpaired) electrons. The van der Waals surface area contributed by atoms with Crippen LogP contribution in [0.2, 0.25) is 0 Å². The first-order valence-electron chi connectivity index (χ1n) is 9.37. The first kappa shape index (κ1) is 19.7. The third-order valence-electron chi connectivity index (χ3n) is 4.86. The quantitative estimate of drug-likeness (QED) is 0.624. The molecule has 0 aromatic heterocycles. The summed E-state index contributed by atoms with van der Waals surface area (Å²) in [6.07, 6.45) is 2.11. The number of rotatable bonds is 9. The van der Waals surface area contributed by atoms with Crippen LogP contribution in [0.5, 0.6) is 0 Å². The SMILES string of the molecule is CCC(CCOCc1ccccc1)(CNC(C)(C)C)c1ccccc1. The lowest BCUT2D eigenvalue weighted by molar-refractivity contribution is 0.0977. The predicted molar refractivity (Wildman–Crippen MR) is 107 cm³/mol. The van der Waals surface area contributed by atoms with E-state index in [-0.39, 0.29) is 11.0 Å². The molecular weight excluding hydrogens is 306 g/mol. The minimum Gasteiger partial charge on any atom is -0.377 e. The monoisotopic (exact) mass is 339 g/mol. The van der Waals surface area contributed by atoms with Crippen LogP contribution in [0, 0.1) is 0 Å². The average molecular weight is 340 g/mol. The Morgan fingerprint density at radius 3 is 2.04 bits per heavy atom. The van der Waals surface area contributed by atoms with Crippen LogP contribution >= 0.6 is 0 Å². The van der Waals surface area contributed by atoms with E-state index in [1.165, 1.54) is 11.1 Å². The van der Waals surface area contributed by atoms with Gasteiger partial charge in [-0.1, -0.05) is 67.6 Å². The average Bonchev–Trinajstić information content (AvgIpc) is 2.62. The van der Waals surface area contributed by atoms with E-state index in [0.717, 1.165) is 26.0 Å². The standard InChI is InChI=1S/C23H33NO/c1-5-23(19-24-22(2,3)4,21-14-10-7-11-15-21)16-17-25-18-20-12-8-6-9-13-20/h6-15,24H,5,16-19H2,1-4H3. The second-order valence-corrected chi connectivity index (χ2v) is 7.89. The highest BCUT2D eigenvalue weighted by atomic mass is 16.5. The second kappa shape index (κ2) is 9.17. The van der Waals surface area contributed by atoms with Crippen molar-refractivity contribution >= 4 is 0 Å². The van der Waals surface area contributed by atoms with Gasteiger partial charge in [0.1, 0.15) is 0 Å². The van der Waals surface area contributed by atoms with Crippen LogP contribution in [0.3, 0.4) is 0 Å². The van der Waals surface area contributed by atoms with Crippen molar-refractivity contribution in [1.29, 1.82) is 0 Å². The van der Waals surface area contributed by atoms with Crippen molar-refractivity contribution in [2.75, 3.05) is 13.2 Å². The summed E-state index contributed by atoms with van der Waals surface area (Å²) in [4.78, 5) is 0. The fraction of sp³-hybridized carbons (Fsp3) is 0.478. The molecule has 1 atom stereocenters. The maximum atomic E-state index is 6.00. The highest BCUT2D eigenvalue weighted by molar-refractivity contribution is 5.26. The van der Waals surface area contributed by atoms with Crippen molar-refractivity contribution in [1.82, 2.24) is 5.32 Å². The Morgan fingerprint density at radius 1 is 0.880 bits per heavy atom. The van der Waals surface area contributed by atoms with Crippen LogP contribution in [0.25, 0.3) is 0 Å². The van der Waals surface area contributed by atoms with Crippen LogP contribution < -0.4 is 5.32 Å². The maximum absolute atomic E-state index is 6.00. The molecule has 0 saturated carbocycles. The summed E-state index contributed by atoms with van der Waals surface area (Å²) in [5.74, 6) is 0. The highest BCUT2D eigenvalue weighted by Crippen LogP contribution is 2.32. The van der Waals surface area contributed by atoms with Gasteiger partial charge in [0, 0.05) is 24.1 Å². The lowest BCUT2D eigenvalue weighted by Gasteiger charge is -2.37. The molecule has 0 aliphatic carbocycles. The normalized spacial score (nSPS) is 14.2. The van der Waals surface area contributed by atoms with Gasteiger partial charge < -0.3 is 10.1 Å². The Kier molecular flexibility index (Phi) is 7.22. The largest absolute Gasteiger partial charge is 0.377 e. The van der Waals surface area contributed by atoms with Gasteiger partial charge in [-0.05, 0) is 44.7 Å². The summed E-state index contributed by atoms with van der Waals surface area (Å²) in [5.41, 5.74) is 2.85. The third-order valence-corrected chi connectivity index (χ3v) is 4.86. The summed E-state index contributed by atoms with van der Waals surface area (Å²) < 4.78 is 6.00. The van der Waals surface area contributed by atoms with Gasteiger partial charge in [0.05, 0.1) is 6.61 Å². The molecule has 0 fully saturated rings. The van der Waals surface area contributed by atoms with Crippen LogP contribution in [0.4, 0.5) is 0 Å². The molecule has 2 nitrogen and oxygen atoms in total. The number of hydrogen-bond donors (Lipinski definition) is 1. The van der Waals surface area contributed by atoms with Gasteiger partial charge in [0.15, 0.2) is 0 Å². The first-order chi connectivity index (χ1) is 12.0. The molecule has 0 spiro atoms. The van der Waals surface area contributed by atoms with Gasteiger partial charge in [-0.25, -0.2) is 0 Å². The Labute approximate surface area is 153 Å². The second-order valence-electron chi connectivity index (χ2n) is 7.89. The summed E-state index contributed by atoms with van der Waals surface area (Å²) >= 11 is 0. The number of ether oxygens (including phenoxy) is 1. The van der Waals surface area contributed by atoms with Crippen molar-refractivity contribution < 1.29 is 4.74 Å². The fourth-order valence-corrected chi connectivity index (χ4v) is 3.10. The van der Waals surface area contributed by atoms with Gasteiger partial charge in [0.2, 0.25) is 0 Å². The summed E-state index contributed by atoms with van der Waals surface area (Å²) in [7, 11) is 0. The minimum absolute atomic E-state index is 0.102. The molecule has 2 heteroatoms. The minimum atomic E-state index is 0.102. The molecular formula is C23H33NO. The number of benzene rings is 2. The van der Waals surface area contributed by atoms with E-state index < -0.39 is 0 Å². The topological polar surface area (TPSA) is 21.3 Å². The smallest absolute Gasteiger partial charge is 0.0716 e. The van der Waals surface area contributed by atoms with E-state index in [4.69, 9.17) is 4.74 Å². The van der Waals surface area contributed by atoms with E-state index >= 15 is 0 Å². The van der Waals surface area contributed by atoms with Crippen LogP contribution in [0.1, 0.15) is 51.7 Å². The third kappa shape index (κ3) is 6.30. The van der Waals surface area contributed by atoms with Gasteiger partial charge in [0.25, 0.3) is 0 Å². The molecule has 1 N–H and O–H groups in total. The molecule has 0 bridgehead atoms. The van der Waals surface area contributed by atoms with Crippen molar-refractivity contribution in [3.8, 4) is 0 Å². The molecule has 0 aliphatic rings. The van der Waals surface area contributed by atoms with E-state index in [1.807, 2.05) is 6.07 Å². The van der Waals surface area contributed by atoms with Crippen LogP contribution in [-0.4, -0.2) is 18.7 Å². The molecule has 0 amide bonds. The lowest BCUT2D eigenvalue weighted by Crippen LogP contribution is -2.46. The first-order valence-corrected chi connectivity index (χ1v) is 9.37. The molecule has 0 heterocycles. The van der Waals surface area contributed by atoms with E-state index in [2.05, 4.69) is 87.6 Å². The van der Waals surface area contributed by atoms with Gasteiger partial charge in [-0.2, -0.15) is 0 Å². The lowest BCUT2D eigenvalue weighted by atomic mass is 9.75. The van der Waals surface area contributed by atoms with E-state index in [0.29, 0.717) is 6.61 Å². The molecule has 2 aromatic rings. The predicted octanol–water partition coefficient (Wildman–Crippen LogP) is 5.33. The number of nitrogens with one attached hydrogen (secondary N) is 1. The zero-order chi connectivity index (χ0) is 18.2. The van der Waals surface area contributed by atoms with Crippen molar-refractivity contribution in [2.45, 2.75) is 58.1 Å². The Balaban J connectivity index is 2.03. The Morgan fingerprint density at radius 2 is 1.48 bits per heavy atom. The summed E-state index contributed by atoms with van der Waals surface area (Å²) in [5, 5.41) is 3.72. The molecule has 1 unspecified atom stereocenters. The zero-order valence-corrected chi connectivity index (χ0v) is 16.2. The fourth-order valence-electron chi connectivity index (χ4n) is 3.10. The van der Waals surface area contributed by atoms with Gasteiger partial charge >= 0.3 is 0 Å². The summed E-state index contributed by atoms with van der Waals surface area (Å²) in [6, 6.07) is 21.3.